The van der Waals surface area contributed by atoms with Gasteiger partial charge in [0.15, 0.2) is 0 Å². The third-order valence-electron chi connectivity index (χ3n) is 2.30. The Kier molecular flexibility index (Phi) is 6.39. The van der Waals surface area contributed by atoms with Crippen molar-refractivity contribution in [1.29, 1.82) is 0 Å². The molecule has 1 aliphatic carbocycles. The van der Waals surface area contributed by atoms with Gasteiger partial charge < -0.3 is 9.47 Å². The molecule has 8 nitrogen and oxygen atoms in total. The minimum Gasteiger partial charge on any atom is -0.450 e. The minimum absolute atomic E-state index is 0.0537. The van der Waals surface area contributed by atoms with E-state index in [1.165, 1.54) is 0 Å². The van der Waals surface area contributed by atoms with Crippen LogP contribution in [0, 0.1) is 0 Å². The summed E-state index contributed by atoms with van der Waals surface area (Å²) in [5, 5.41) is 2.86. The van der Waals surface area contributed by atoms with Gasteiger partial charge in [0.1, 0.15) is 21.5 Å². The molecule has 0 heterocycles. The molecule has 0 radical (unpaired) electrons. The summed E-state index contributed by atoms with van der Waals surface area (Å²) < 4.78 is 9.16. The highest BCUT2D eigenvalue weighted by molar-refractivity contribution is 6.56. The molecule has 0 aromatic rings. The van der Waals surface area contributed by atoms with Gasteiger partial charge in [0.25, 0.3) is 0 Å². The van der Waals surface area contributed by atoms with Crippen LogP contribution in [0.1, 0.15) is 13.8 Å². The van der Waals surface area contributed by atoms with Gasteiger partial charge in [0.2, 0.25) is 11.6 Å². The molecule has 1 rings (SSSR count). The van der Waals surface area contributed by atoms with Crippen LogP contribution in [0.4, 0.5) is 9.59 Å². The number of amides is 2. The smallest absolute Gasteiger partial charge is 0.411 e. The number of carbonyl (C=O) groups is 4. The fourth-order valence-electron chi connectivity index (χ4n) is 1.41. The number of hydrogen-bond donors (Lipinski definition) is 2. The van der Waals surface area contributed by atoms with Crippen LogP contribution >= 0.6 is 23.2 Å². The molecule has 22 heavy (non-hydrogen) atoms. The summed E-state index contributed by atoms with van der Waals surface area (Å²) in [5.41, 5.74) is -1.05. The molecule has 0 saturated heterocycles. The van der Waals surface area contributed by atoms with E-state index < -0.39 is 45.2 Å². The third-order valence-corrected chi connectivity index (χ3v) is 3.02. The van der Waals surface area contributed by atoms with E-state index in [1.54, 1.807) is 13.8 Å². The molecular formula is C12H12Cl2N2O6. The highest BCUT2D eigenvalue weighted by Crippen LogP contribution is 2.27. The SMILES string of the molecule is CCOC(=O)NC1=C(Cl)C(=O)C(NC(=O)OCC)=C(Cl)C1=O. The van der Waals surface area contributed by atoms with Gasteiger partial charge in [-0.05, 0) is 13.8 Å². The first-order valence-corrected chi connectivity index (χ1v) is 6.85. The maximum atomic E-state index is 12.0. The van der Waals surface area contributed by atoms with Gasteiger partial charge in [-0.1, -0.05) is 23.2 Å². The molecule has 0 aliphatic heterocycles. The number of Topliss-reactive ketones (excluding diaryl/α,β-unsaturated/α-hetero) is 2. The summed E-state index contributed by atoms with van der Waals surface area (Å²) in [6.45, 7) is 3.21. The minimum atomic E-state index is -0.969. The van der Waals surface area contributed by atoms with Crippen molar-refractivity contribution in [2.75, 3.05) is 13.2 Å². The Morgan fingerprint density at radius 3 is 1.45 bits per heavy atom. The first kappa shape index (κ1) is 18.0. The number of rotatable bonds is 4. The molecule has 2 N–H and O–H groups in total. The van der Waals surface area contributed by atoms with Gasteiger partial charge in [-0.15, -0.1) is 0 Å². The Balaban J connectivity index is 3.03. The van der Waals surface area contributed by atoms with E-state index in [2.05, 4.69) is 9.47 Å². The lowest BCUT2D eigenvalue weighted by Gasteiger charge is -2.18. The fourth-order valence-corrected chi connectivity index (χ4v) is 1.86. The number of nitrogens with one attached hydrogen (secondary N) is 2. The lowest BCUT2D eigenvalue weighted by Crippen LogP contribution is -2.38. The fraction of sp³-hybridized carbons (Fsp3) is 0.333. The predicted molar refractivity (Wildman–Crippen MR) is 76.1 cm³/mol. The Bertz CT molecular complexity index is 544. The van der Waals surface area contributed by atoms with Crippen LogP contribution in [-0.2, 0) is 19.1 Å². The van der Waals surface area contributed by atoms with Crippen molar-refractivity contribution < 1.29 is 28.7 Å². The Morgan fingerprint density at radius 1 is 0.864 bits per heavy atom. The molecule has 0 aromatic heterocycles. The van der Waals surface area contributed by atoms with Crippen LogP contribution in [-0.4, -0.2) is 37.0 Å². The second-order valence-electron chi connectivity index (χ2n) is 3.73. The number of ketones is 2. The molecule has 1 aliphatic rings. The van der Waals surface area contributed by atoms with Gasteiger partial charge in [0.05, 0.1) is 13.2 Å². The normalized spacial score (nSPS) is 14.9. The van der Waals surface area contributed by atoms with Crippen molar-refractivity contribution in [2.45, 2.75) is 13.8 Å². The van der Waals surface area contributed by atoms with Crippen LogP contribution in [0.2, 0.25) is 0 Å². The molecule has 0 aromatic carbocycles. The van der Waals surface area contributed by atoms with Crippen LogP contribution in [0.3, 0.4) is 0 Å². The van der Waals surface area contributed by atoms with E-state index in [4.69, 9.17) is 23.2 Å². The zero-order valence-corrected chi connectivity index (χ0v) is 13.1. The number of carbonyl (C=O) groups excluding carboxylic acids is 4. The molecule has 120 valence electrons. The molecule has 2 amide bonds. The van der Waals surface area contributed by atoms with Crippen LogP contribution in [0.5, 0.6) is 0 Å². The number of allylic oxidation sites excluding steroid dienone is 2. The van der Waals surface area contributed by atoms with E-state index in [9.17, 15) is 19.2 Å². The first-order valence-electron chi connectivity index (χ1n) is 6.09. The van der Waals surface area contributed by atoms with Gasteiger partial charge >= 0.3 is 12.2 Å². The maximum Gasteiger partial charge on any atom is 0.411 e. The first-order chi connectivity index (χ1) is 10.3. The van der Waals surface area contributed by atoms with E-state index >= 15 is 0 Å². The van der Waals surface area contributed by atoms with Gasteiger partial charge in [-0.25, -0.2) is 9.59 Å². The molecule has 0 spiro atoms. The summed E-state index contributed by atoms with van der Waals surface area (Å²) in [4.78, 5) is 46.7. The zero-order valence-electron chi connectivity index (χ0n) is 11.6. The Labute approximate surface area is 135 Å². The summed E-state index contributed by atoms with van der Waals surface area (Å²) in [7, 11) is 0. The number of ether oxygens (including phenoxy) is 2. The Morgan fingerprint density at radius 2 is 1.18 bits per heavy atom. The van der Waals surface area contributed by atoms with Crippen LogP contribution in [0.25, 0.3) is 0 Å². The van der Waals surface area contributed by atoms with E-state index in [-0.39, 0.29) is 13.2 Å². The second kappa shape index (κ2) is 7.81. The van der Waals surface area contributed by atoms with Crippen molar-refractivity contribution in [1.82, 2.24) is 10.6 Å². The average Bonchev–Trinajstić information content (AvgIpc) is 2.47. The molecule has 0 bridgehead atoms. The maximum absolute atomic E-state index is 12.0. The van der Waals surface area contributed by atoms with E-state index in [0.717, 1.165) is 0 Å². The molecule has 10 heteroatoms. The predicted octanol–water partition coefficient (Wildman–Crippen LogP) is 1.53. The van der Waals surface area contributed by atoms with Crippen molar-refractivity contribution >= 4 is 47.0 Å². The Hall–Kier alpha value is -2.06. The lowest BCUT2D eigenvalue weighted by molar-refractivity contribution is -0.116. The van der Waals surface area contributed by atoms with Crippen molar-refractivity contribution in [2.24, 2.45) is 0 Å². The molecular weight excluding hydrogens is 339 g/mol. The topological polar surface area (TPSA) is 111 Å². The second-order valence-corrected chi connectivity index (χ2v) is 4.48. The van der Waals surface area contributed by atoms with E-state index in [1.807, 2.05) is 10.6 Å². The quantitative estimate of drug-likeness (QED) is 0.743. The zero-order chi connectivity index (χ0) is 16.9. The third kappa shape index (κ3) is 3.99. The van der Waals surface area contributed by atoms with Gasteiger partial charge in [-0.2, -0.15) is 0 Å². The molecule has 0 fully saturated rings. The highest BCUT2D eigenvalue weighted by Gasteiger charge is 2.35. The van der Waals surface area contributed by atoms with Crippen LogP contribution < -0.4 is 10.6 Å². The largest absolute Gasteiger partial charge is 0.450 e. The lowest BCUT2D eigenvalue weighted by atomic mass is 10.1. The highest BCUT2D eigenvalue weighted by atomic mass is 35.5. The monoisotopic (exact) mass is 350 g/mol. The van der Waals surface area contributed by atoms with Gasteiger partial charge in [0, 0.05) is 0 Å². The molecule has 0 atom stereocenters. The van der Waals surface area contributed by atoms with Crippen molar-refractivity contribution in [3.05, 3.63) is 21.5 Å². The van der Waals surface area contributed by atoms with Crippen molar-refractivity contribution in [3.63, 3.8) is 0 Å². The summed E-state index contributed by atoms with van der Waals surface area (Å²) >= 11 is 11.5. The van der Waals surface area contributed by atoms with Crippen LogP contribution in [0.15, 0.2) is 21.5 Å². The number of alkyl carbamates (subject to hydrolysis) is 2. The summed E-state index contributed by atoms with van der Waals surface area (Å²) in [5.74, 6) is -1.88. The average molecular weight is 351 g/mol. The molecule has 0 unspecified atom stereocenters. The number of hydrogen-bond acceptors (Lipinski definition) is 6. The van der Waals surface area contributed by atoms with Crippen molar-refractivity contribution in [3.8, 4) is 0 Å². The van der Waals surface area contributed by atoms with Gasteiger partial charge in [-0.3, -0.25) is 20.2 Å². The standard InChI is InChI=1S/C12H12Cl2N2O6/c1-3-21-11(19)15-7-5(13)10(18)8(6(14)9(7)17)16-12(20)22-4-2/h3-4H2,1-2H3,(H,15,19)(H,16,20). The summed E-state index contributed by atoms with van der Waals surface area (Å²) in [6.07, 6.45) is -1.94. The number of halogens is 2. The van der Waals surface area contributed by atoms with E-state index in [0.29, 0.717) is 0 Å². The molecule has 0 saturated carbocycles. The summed E-state index contributed by atoms with van der Waals surface area (Å²) in [6, 6.07) is 0.